The summed E-state index contributed by atoms with van der Waals surface area (Å²) in [5, 5.41) is 9.27. The molecule has 0 heterocycles. The molecule has 3 nitrogen and oxygen atoms in total. The zero-order valence-corrected chi connectivity index (χ0v) is 8.46. The van der Waals surface area contributed by atoms with Crippen molar-refractivity contribution >= 4 is 11.8 Å². The first-order chi connectivity index (χ1) is 6.41. The van der Waals surface area contributed by atoms with Gasteiger partial charge in [-0.05, 0) is 24.2 Å². The first kappa shape index (κ1) is 8.45. The minimum Gasteiger partial charge on any atom is -0.480 e. The van der Waals surface area contributed by atoms with E-state index in [9.17, 15) is 14.7 Å². The maximum Gasteiger partial charge on any atom is 0.317 e. The smallest absolute Gasteiger partial charge is 0.317 e. The summed E-state index contributed by atoms with van der Waals surface area (Å²) in [7, 11) is 0. The lowest BCUT2D eigenvalue weighted by Crippen LogP contribution is -2.53. The summed E-state index contributed by atoms with van der Waals surface area (Å²) in [5.74, 6) is -0.547. The number of hydrogen-bond donors (Lipinski definition) is 1. The van der Waals surface area contributed by atoms with E-state index in [4.69, 9.17) is 0 Å². The number of rotatable bonds is 1. The standard InChI is InChI=1S/C11H14O3/c1-9(2)6-5-7(12)10(8(13)14)3-4-11(6,9)10/h6H,3-5H2,1-2H3,(H,13,14). The normalized spacial score (nSPS) is 51.9. The number of ketones is 1. The molecule has 1 N–H and O–H groups in total. The van der Waals surface area contributed by atoms with Gasteiger partial charge in [-0.15, -0.1) is 0 Å². The van der Waals surface area contributed by atoms with E-state index in [0.29, 0.717) is 18.8 Å². The van der Waals surface area contributed by atoms with Gasteiger partial charge in [0.05, 0.1) is 0 Å². The van der Waals surface area contributed by atoms with Gasteiger partial charge in [0, 0.05) is 11.8 Å². The monoisotopic (exact) mass is 194 g/mol. The van der Waals surface area contributed by atoms with E-state index in [2.05, 4.69) is 13.8 Å². The molecule has 3 rings (SSSR count). The van der Waals surface area contributed by atoms with Crippen LogP contribution in [0, 0.1) is 22.2 Å². The van der Waals surface area contributed by atoms with Crippen LogP contribution in [-0.4, -0.2) is 16.9 Å². The molecule has 0 aliphatic heterocycles. The average molecular weight is 194 g/mol. The molecule has 3 heteroatoms. The van der Waals surface area contributed by atoms with Crippen molar-refractivity contribution in [3.05, 3.63) is 0 Å². The molecule has 0 amide bonds. The van der Waals surface area contributed by atoms with Crippen LogP contribution >= 0.6 is 0 Å². The second-order valence-electron chi connectivity index (χ2n) is 5.58. The Morgan fingerprint density at radius 2 is 2.07 bits per heavy atom. The Labute approximate surface area is 82.5 Å². The summed E-state index contributed by atoms with van der Waals surface area (Å²) in [6.07, 6.45) is 2.00. The molecule has 3 saturated carbocycles. The maximum absolute atomic E-state index is 11.7. The third-order valence-electron chi connectivity index (χ3n) is 5.42. The van der Waals surface area contributed by atoms with E-state index < -0.39 is 11.4 Å². The van der Waals surface area contributed by atoms with Crippen LogP contribution in [0.2, 0.25) is 0 Å². The number of carboxylic acids is 1. The third-order valence-corrected chi connectivity index (χ3v) is 5.42. The van der Waals surface area contributed by atoms with Gasteiger partial charge in [-0.25, -0.2) is 0 Å². The summed E-state index contributed by atoms with van der Waals surface area (Å²) in [6.45, 7) is 4.22. The lowest BCUT2D eigenvalue weighted by atomic mass is 9.54. The molecule has 3 atom stereocenters. The average Bonchev–Trinajstić information content (AvgIpc) is 2.39. The zero-order chi connectivity index (χ0) is 10.4. The topological polar surface area (TPSA) is 54.4 Å². The van der Waals surface area contributed by atoms with E-state index in [1.54, 1.807) is 0 Å². The molecule has 14 heavy (non-hydrogen) atoms. The van der Waals surface area contributed by atoms with Crippen LogP contribution in [0.5, 0.6) is 0 Å². The Morgan fingerprint density at radius 1 is 1.43 bits per heavy atom. The Kier molecular flexibility index (Phi) is 1.07. The summed E-state index contributed by atoms with van der Waals surface area (Å²) in [4.78, 5) is 23.0. The molecule has 0 radical (unpaired) electrons. The lowest BCUT2D eigenvalue weighted by molar-refractivity contribution is -0.170. The fourth-order valence-electron chi connectivity index (χ4n) is 4.55. The fourth-order valence-corrected chi connectivity index (χ4v) is 4.55. The molecule has 1 spiro atoms. The number of aliphatic carboxylic acids is 1. The zero-order valence-electron chi connectivity index (χ0n) is 8.46. The summed E-state index contributed by atoms with van der Waals surface area (Å²) >= 11 is 0. The number of Topliss-reactive ketones (excluding diaryl/α,β-unsaturated/α-hetero) is 1. The molecule has 3 aliphatic rings. The van der Waals surface area contributed by atoms with E-state index in [1.165, 1.54) is 0 Å². The van der Waals surface area contributed by atoms with Crippen molar-refractivity contribution in [2.45, 2.75) is 33.1 Å². The van der Waals surface area contributed by atoms with Crippen molar-refractivity contribution in [3.8, 4) is 0 Å². The highest BCUT2D eigenvalue weighted by Crippen LogP contribution is 2.89. The van der Waals surface area contributed by atoms with Crippen molar-refractivity contribution in [1.29, 1.82) is 0 Å². The van der Waals surface area contributed by atoms with Gasteiger partial charge in [0.1, 0.15) is 5.41 Å². The molecular formula is C11H14O3. The van der Waals surface area contributed by atoms with E-state index >= 15 is 0 Å². The quantitative estimate of drug-likeness (QED) is 0.643. The van der Waals surface area contributed by atoms with Gasteiger partial charge in [-0.1, -0.05) is 13.8 Å². The molecule has 3 unspecified atom stereocenters. The van der Waals surface area contributed by atoms with Crippen molar-refractivity contribution in [2.24, 2.45) is 22.2 Å². The largest absolute Gasteiger partial charge is 0.480 e. The highest BCUT2D eigenvalue weighted by Gasteiger charge is 2.90. The Hall–Kier alpha value is -0.860. The van der Waals surface area contributed by atoms with E-state index in [-0.39, 0.29) is 16.6 Å². The van der Waals surface area contributed by atoms with Gasteiger partial charge < -0.3 is 5.11 Å². The molecule has 0 saturated heterocycles. The molecule has 76 valence electrons. The van der Waals surface area contributed by atoms with E-state index in [1.807, 2.05) is 0 Å². The Morgan fingerprint density at radius 3 is 2.43 bits per heavy atom. The minimum atomic E-state index is -0.985. The van der Waals surface area contributed by atoms with Gasteiger partial charge in [-0.2, -0.15) is 0 Å². The first-order valence-corrected chi connectivity index (χ1v) is 5.18. The third kappa shape index (κ3) is 0.456. The first-order valence-electron chi connectivity index (χ1n) is 5.18. The second kappa shape index (κ2) is 1.77. The van der Waals surface area contributed by atoms with Crippen LogP contribution in [0.25, 0.3) is 0 Å². The number of hydrogen-bond acceptors (Lipinski definition) is 2. The van der Waals surface area contributed by atoms with Crippen LogP contribution in [0.15, 0.2) is 0 Å². The van der Waals surface area contributed by atoms with Crippen LogP contribution < -0.4 is 0 Å². The minimum absolute atomic E-state index is 0.0134. The van der Waals surface area contributed by atoms with Crippen LogP contribution in [0.3, 0.4) is 0 Å². The molecule has 0 aromatic heterocycles. The summed E-state index contributed by atoms with van der Waals surface area (Å²) < 4.78 is 0. The van der Waals surface area contributed by atoms with Crippen molar-refractivity contribution < 1.29 is 14.7 Å². The molecular weight excluding hydrogens is 180 g/mol. The predicted octanol–water partition coefficient (Wildman–Crippen LogP) is 1.47. The summed E-state index contributed by atoms with van der Waals surface area (Å²) in [5.41, 5.74) is -1.07. The lowest BCUT2D eigenvalue weighted by Gasteiger charge is -2.46. The van der Waals surface area contributed by atoms with Crippen molar-refractivity contribution in [2.75, 3.05) is 0 Å². The number of carbonyl (C=O) groups excluding carboxylic acids is 1. The Bertz CT molecular complexity index is 371. The van der Waals surface area contributed by atoms with Crippen LogP contribution in [0.4, 0.5) is 0 Å². The SMILES string of the molecule is CC1(C)C2CC(=O)C3(C(=O)O)CCC231. The molecule has 3 aliphatic carbocycles. The highest BCUT2D eigenvalue weighted by atomic mass is 16.4. The van der Waals surface area contributed by atoms with Gasteiger partial charge in [0.2, 0.25) is 0 Å². The summed E-state index contributed by atoms with van der Waals surface area (Å²) in [6, 6.07) is 0. The van der Waals surface area contributed by atoms with Gasteiger partial charge in [-0.3, -0.25) is 9.59 Å². The van der Waals surface area contributed by atoms with Crippen molar-refractivity contribution in [3.63, 3.8) is 0 Å². The van der Waals surface area contributed by atoms with E-state index in [0.717, 1.165) is 6.42 Å². The van der Waals surface area contributed by atoms with Crippen LogP contribution in [0.1, 0.15) is 33.1 Å². The second-order valence-corrected chi connectivity index (χ2v) is 5.58. The van der Waals surface area contributed by atoms with Crippen LogP contribution in [-0.2, 0) is 9.59 Å². The van der Waals surface area contributed by atoms with Gasteiger partial charge >= 0.3 is 5.97 Å². The Balaban J connectivity index is 2.15. The number of carbonyl (C=O) groups is 2. The molecule has 0 aromatic carbocycles. The highest BCUT2D eigenvalue weighted by molar-refractivity contribution is 6.09. The van der Waals surface area contributed by atoms with Crippen molar-refractivity contribution in [1.82, 2.24) is 0 Å². The van der Waals surface area contributed by atoms with Gasteiger partial charge in [0.15, 0.2) is 5.78 Å². The molecule has 0 aromatic rings. The molecule has 3 fully saturated rings. The van der Waals surface area contributed by atoms with Gasteiger partial charge in [0.25, 0.3) is 0 Å². The number of carboxylic acid groups (broad SMARTS) is 1. The maximum atomic E-state index is 11.7. The fraction of sp³-hybridized carbons (Fsp3) is 0.818. The predicted molar refractivity (Wildman–Crippen MR) is 48.6 cm³/mol. The molecule has 0 bridgehead atoms.